The van der Waals surface area contributed by atoms with Gasteiger partial charge in [-0.05, 0) is 0 Å². The third-order valence-corrected chi connectivity index (χ3v) is 3.16. The normalized spacial score (nSPS) is 17.7. The molecule has 1 aromatic rings. The van der Waals surface area contributed by atoms with Gasteiger partial charge < -0.3 is 4.90 Å². The van der Waals surface area contributed by atoms with Crippen LogP contribution in [0, 0.1) is 0 Å². The van der Waals surface area contributed by atoms with Gasteiger partial charge in [-0.2, -0.15) is 5.10 Å². The minimum atomic E-state index is 0.0762. The molecule has 1 amide bonds. The van der Waals surface area contributed by atoms with Crippen LogP contribution in [0.5, 0.6) is 0 Å². The van der Waals surface area contributed by atoms with Gasteiger partial charge in [0, 0.05) is 44.3 Å². The number of hydrogen-bond acceptors (Lipinski definition) is 3. The van der Waals surface area contributed by atoms with Crippen LogP contribution in [0.4, 0.5) is 0 Å². The Morgan fingerprint density at radius 2 is 2.19 bits per heavy atom. The Morgan fingerprint density at radius 3 is 2.75 bits per heavy atom. The first-order valence-corrected chi connectivity index (χ1v) is 6.50. The molecule has 5 nitrogen and oxygen atoms in total. The second kappa shape index (κ2) is 5.45. The summed E-state index contributed by atoms with van der Waals surface area (Å²) in [4.78, 5) is 16.2. The number of nitrogens with zero attached hydrogens (tertiary/aromatic N) is 3. The average Bonchev–Trinajstić information content (AvgIpc) is 2.83. The molecule has 1 saturated heterocycles. The van der Waals surface area contributed by atoms with Crippen molar-refractivity contribution in [2.24, 2.45) is 0 Å². The highest BCUT2D eigenvalue weighted by Crippen LogP contribution is 2.07. The number of aromatic amines is 1. The molecule has 0 spiro atoms. The smallest absolute Gasteiger partial charge is 0.257 e. The van der Waals surface area contributed by atoms with E-state index >= 15 is 0 Å². The summed E-state index contributed by atoms with van der Waals surface area (Å²) in [6.07, 6.45) is 3.22. The highest BCUT2D eigenvalue weighted by molar-refractivity contribution is 9.09. The molecular weight excluding hydrogens is 272 g/mol. The minimum absolute atomic E-state index is 0.0762. The molecule has 6 heteroatoms. The monoisotopic (exact) mass is 286 g/mol. The minimum Gasteiger partial charge on any atom is -0.336 e. The van der Waals surface area contributed by atoms with E-state index < -0.39 is 0 Å². The number of alkyl halides is 1. The van der Waals surface area contributed by atoms with Crippen LogP contribution in [0.15, 0.2) is 12.4 Å². The molecule has 0 unspecified atom stereocenters. The molecule has 0 aromatic carbocycles. The number of carbonyl (C=O) groups excluding carboxylic acids is 1. The van der Waals surface area contributed by atoms with E-state index in [1.807, 2.05) is 4.90 Å². The summed E-state index contributed by atoms with van der Waals surface area (Å²) in [7, 11) is 0. The largest absolute Gasteiger partial charge is 0.336 e. The summed E-state index contributed by atoms with van der Waals surface area (Å²) in [5.74, 6) is 0.0762. The second-order valence-electron chi connectivity index (χ2n) is 3.81. The van der Waals surface area contributed by atoms with Crippen molar-refractivity contribution in [1.29, 1.82) is 0 Å². The molecular formula is C10H15BrN4O. The van der Waals surface area contributed by atoms with Gasteiger partial charge in [-0.25, -0.2) is 0 Å². The van der Waals surface area contributed by atoms with Gasteiger partial charge in [0.05, 0.1) is 11.8 Å². The standard InChI is InChI=1S/C10H15BrN4O/c11-1-2-14-3-5-15(6-4-14)10(16)9-7-12-13-8-9/h7-8H,1-6H2,(H,12,13). The molecule has 2 rings (SSSR count). The lowest BCUT2D eigenvalue weighted by atomic mass is 10.2. The molecule has 0 aliphatic carbocycles. The first-order valence-electron chi connectivity index (χ1n) is 5.37. The molecule has 0 atom stereocenters. The van der Waals surface area contributed by atoms with Crippen LogP contribution >= 0.6 is 15.9 Å². The Hall–Kier alpha value is -0.880. The van der Waals surface area contributed by atoms with Gasteiger partial charge >= 0.3 is 0 Å². The Labute approximate surface area is 103 Å². The van der Waals surface area contributed by atoms with Crippen LogP contribution in [-0.2, 0) is 0 Å². The van der Waals surface area contributed by atoms with Crippen LogP contribution in [0.1, 0.15) is 10.4 Å². The number of rotatable bonds is 3. The third-order valence-electron chi connectivity index (χ3n) is 2.81. The van der Waals surface area contributed by atoms with Crippen molar-refractivity contribution < 1.29 is 4.79 Å². The third kappa shape index (κ3) is 2.62. The highest BCUT2D eigenvalue weighted by Gasteiger charge is 2.21. The zero-order valence-electron chi connectivity index (χ0n) is 9.03. The van der Waals surface area contributed by atoms with E-state index in [1.54, 1.807) is 12.4 Å². The summed E-state index contributed by atoms with van der Waals surface area (Å²) in [6.45, 7) is 4.56. The summed E-state index contributed by atoms with van der Waals surface area (Å²) in [5.41, 5.74) is 0.647. The number of piperazine rings is 1. The SMILES string of the molecule is O=C(c1cn[nH]c1)N1CCN(CCBr)CC1. The molecule has 0 bridgehead atoms. The number of carbonyl (C=O) groups is 1. The summed E-state index contributed by atoms with van der Waals surface area (Å²) >= 11 is 3.43. The average molecular weight is 287 g/mol. The molecule has 1 aliphatic heterocycles. The molecule has 88 valence electrons. The number of aromatic nitrogens is 2. The molecule has 0 radical (unpaired) electrons. The summed E-state index contributed by atoms with van der Waals surface area (Å²) in [6, 6.07) is 0. The van der Waals surface area contributed by atoms with Crippen LogP contribution in [-0.4, -0.2) is 64.0 Å². The van der Waals surface area contributed by atoms with E-state index in [-0.39, 0.29) is 5.91 Å². The molecule has 1 fully saturated rings. The zero-order valence-corrected chi connectivity index (χ0v) is 10.6. The number of nitrogens with one attached hydrogen (secondary N) is 1. The second-order valence-corrected chi connectivity index (χ2v) is 4.60. The molecule has 1 aliphatic rings. The number of halogens is 1. The Kier molecular flexibility index (Phi) is 3.95. The van der Waals surface area contributed by atoms with E-state index in [2.05, 4.69) is 31.0 Å². The van der Waals surface area contributed by atoms with Crippen molar-refractivity contribution in [3.63, 3.8) is 0 Å². The first kappa shape index (κ1) is 11.6. The fourth-order valence-electron chi connectivity index (χ4n) is 1.84. The Bertz CT molecular complexity index is 333. The van der Waals surface area contributed by atoms with E-state index in [0.29, 0.717) is 5.56 Å². The van der Waals surface area contributed by atoms with Crippen molar-refractivity contribution in [1.82, 2.24) is 20.0 Å². The molecule has 0 saturated carbocycles. The van der Waals surface area contributed by atoms with Crippen molar-refractivity contribution in [3.05, 3.63) is 18.0 Å². The van der Waals surface area contributed by atoms with E-state index in [1.165, 1.54) is 0 Å². The molecule has 2 heterocycles. The Balaban J connectivity index is 1.87. The van der Waals surface area contributed by atoms with Crippen LogP contribution < -0.4 is 0 Å². The van der Waals surface area contributed by atoms with Gasteiger partial charge in [0.1, 0.15) is 0 Å². The lowest BCUT2D eigenvalue weighted by Gasteiger charge is -2.34. The molecule has 1 N–H and O–H groups in total. The van der Waals surface area contributed by atoms with Crippen molar-refractivity contribution in [3.8, 4) is 0 Å². The molecule has 1 aromatic heterocycles. The number of amides is 1. The predicted molar refractivity (Wildman–Crippen MR) is 64.7 cm³/mol. The maximum absolute atomic E-state index is 12.0. The van der Waals surface area contributed by atoms with Crippen LogP contribution in [0.2, 0.25) is 0 Å². The summed E-state index contributed by atoms with van der Waals surface area (Å²) in [5, 5.41) is 7.45. The van der Waals surface area contributed by atoms with Gasteiger partial charge in [0.15, 0.2) is 0 Å². The van der Waals surface area contributed by atoms with Gasteiger partial charge in [0.25, 0.3) is 5.91 Å². The van der Waals surface area contributed by atoms with Gasteiger partial charge in [-0.15, -0.1) is 0 Å². The maximum atomic E-state index is 12.0. The fourth-order valence-corrected chi connectivity index (χ4v) is 2.35. The number of H-pyrrole nitrogens is 1. The van der Waals surface area contributed by atoms with E-state index in [0.717, 1.165) is 38.1 Å². The van der Waals surface area contributed by atoms with Crippen LogP contribution in [0.3, 0.4) is 0 Å². The van der Waals surface area contributed by atoms with Gasteiger partial charge in [-0.1, -0.05) is 15.9 Å². The highest BCUT2D eigenvalue weighted by atomic mass is 79.9. The van der Waals surface area contributed by atoms with Crippen molar-refractivity contribution in [2.45, 2.75) is 0 Å². The fraction of sp³-hybridized carbons (Fsp3) is 0.600. The number of hydrogen-bond donors (Lipinski definition) is 1. The topological polar surface area (TPSA) is 52.2 Å². The van der Waals surface area contributed by atoms with Crippen LogP contribution in [0.25, 0.3) is 0 Å². The lowest BCUT2D eigenvalue weighted by Crippen LogP contribution is -2.49. The summed E-state index contributed by atoms with van der Waals surface area (Å²) < 4.78 is 0. The lowest BCUT2D eigenvalue weighted by molar-refractivity contribution is 0.0645. The van der Waals surface area contributed by atoms with Crippen molar-refractivity contribution in [2.75, 3.05) is 38.1 Å². The molecule has 16 heavy (non-hydrogen) atoms. The quantitative estimate of drug-likeness (QED) is 0.827. The van der Waals surface area contributed by atoms with E-state index in [9.17, 15) is 4.79 Å². The van der Waals surface area contributed by atoms with E-state index in [4.69, 9.17) is 0 Å². The van der Waals surface area contributed by atoms with Gasteiger partial charge in [-0.3, -0.25) is 14.8 Å². The maximum Gasteiger partial charge on any atom is 0.257 e. The zero-order chi connectivity index (χ0) is 11.4. The van der Waals surface area contributed by atoms with Crippen molar-refractivity contribution >= 4 is 21.8 Å². The first-order chi connectivity index (χ1) is 7.81. The predicted octanol–water partition coefficient (Wildman–Crippen LogP) is 0.562. The van der Waals surface area contributed by atoms with Gasteiger partial charge in [0.2, 0.25) is 0 Å². The Morgan fingerprint density at radius 1 is 1.44 bits per heavy atom.